The maximum absolute atomic E-state index is 5.67. The van der Waals surface area contributed by atoms with Crippen LogP contribution < -0.4 is 10.1 Å². The van der Waals surface area contributed by atoms with Crippen molar-refractivity contribution in [3.63, 3.8) is 0 Å². The van der Waals surface area contributed by atoms with Crippen molar-refractivity contribution in [2.45, 2.75) is 25.4 Å². The summed E-state index contributed by atoms with van der Waals surface area (Å²) in [6, 6.07) is 7.68. The van der Waals surface area contributed by atoms with Crippen LogP contribution in [-0.2, 0) is 6.42 Å². The van der Waals surface area contributed by atoms with Crippen LogP contribution in [-0.4, -0.2) is 69.0 Å². The standard InChI is InChI=1S/C18H24N8O2/c1-12-21-23-24-26(12)15(10-13-5-4-6-14(9-13)27-3)18-20-17(22-28-18)16-11-19-7-8-25(16)2/h4-6,9,15-16,19H,7-8,10-11H2,1-3H3. The minimum Gasteiger partial charge on any atom is -0.497 e. The lowest BCUT2D eigenvalue weighted by molar-refractivity contribution is 0.190. The summed E-state index contributed by atoms with van der Waals surface area (Å²) in [6.45, 7) is 4.54. The maximum Gasteiger partial charge on any atom is 0.252 e. The molecule has 0 amide bonds. The van der Waals surface area contributed by atoms with E-state index in [2.05, 4.69) is 37.9 Å². The van der Waals surface area contributed by atoms with E-state index in [4.69, 9.17) is 14.2 Å². The number of rotatable bonds is 6. The van der Waals surface area contributed by atoms with E-state index in [-0.39, 0.29) is 12.1 Å². The summed E-state index contributed by atoms with van der Waals surface area (Å²) in [5.74, 6) is 2.65. The Bertz CT molecular complexity index is 924. The van der Waals surface area contributed by atoms with Crippen LogP contribution in [0.2, 0.25) is 0 Å². The molecule has 148 valence electrons. The number of aromatic nitrogens is 6. The molecule has 0 saturated carbocycles. The zero-order chi connectivity index (χ0) is 19.5. The predicted octanol–water partition coefficient (Wildman–Crippen LogP) is 0.781. The molecule has 10 nitrogen and oxygen atoms in total. The van der Waals surface area contributed by atoms with Gasteiger partial charge in [0.15, 0.2) is 5.82 Å². The quantitative estimate of drug-likeness (QED) is 0.660. The van der Waals surface area contributed by atoms with Crippen LogP contribution >= 0.6 is 0 Å². The number of methoxy groups -OCH3 is 1. The van der Waals surface area contributed by atoms with E-state index in [1.165, 1.54) is 0 Å². The molecule has 0 aliphatic carbocycles. The summed E-state index contributed by atoms with van der Waals surface area (Å²) in [7, 11) is 3.72. The monoisotopic (exact) mass is 384 g/mol. The second-order valence-electron chi connectivity index (χ2n) is 6.93. The molecule has 4 rings (SSSR count). The van der Waals surface area contributed by atoms with Crippen molar-refractivity contribution >= 4 is 0 Å². The third-order valence-electron chi connectivity index (χ3n) is 5.07. The van der Waals surface area contributed by atoms with Gasteiger partial charge in [0.2, 0.25) is 0 Å². The number of benzene rings is 1. The van der Waals surface area contributed by atoms with E-state index in [0.29, 0.717) is 24.0 Å². The minimum absolute atomic E-state index is 0.0821. The summed E-state index contributed by atoms with van der Waals surface area (Å²) in [6.07, 6.45) is 0.601. The zero-order valence-corrected chi connectivity index (χ0v) is 16.2. The van der Waals surface area contributed by atoms with Gasteiger partial charge >= 0.3 is 0 Å². The SMILES string of the molecule is COc1cccc(CC(c2nc(C3CNCCN3C)no2)n2nnnc2C)c1. The summed E-state index contributed by atoms with van der Waals surface area (Å²) in [5.41, 5.74) is 1.07. The van der Waals surface area contributed by atoms with Crippen LogP contribution in [0, 0.1) is 6.92 Å². The van der Waals surface area contributed by atoms with Gasteiger partial charge in [-0.05, 0) is 42.1 Å². The molecule has 10 heteroatoms. The van der Waals surface area contributed by atoms with E-state index in [0.717, 1.165) is 30.9 Å². The summed E-state index contributed by atoms with van der Waals surface area (Å²) in [5, 5.41) is 19.6. The Balaban J connectivity index is 1.65. The number of hydrogen-bond acceptors (Lipinski definition) is 9. The van der Waals surface area contributed by atoms with Crippen LogP contribution in [0.15, 0.2) is 28.8 Å². The van der Waals surface area contributed by atoms with Crippen molar-refractivity contribution in [3.05, 3.63) is 47.4 Å². The normalized spacial score (nSPS) is 18.9. The highest BCUT2D eigenvalue weighted by Gasteiger charge is 2.29. The molecule has 3 aromatic rings. The number of nitrogens with zero attached hydrogens (tertiary/aromatic N) is 7. The Morgan fingerprint density at radius 3 is 3.04 bits per heavy atom. The lowest BCUT2D eigenvalue weighted by Gasteiger charge is -2.30. The van der Waals surface area contributed by atoms with Crippen molar-refractivity contribution in [1.82, 2.24) is 40.6 Å². The minimum atomic E-state index is -0.301. The Morgan fingerprint density at radius 1 is 1.39 bits per heavy atom. The topological polar surface area (TPSA) is 107 Å². The number of aryl methyl sites for hydroxylation is 1. The van der Waals surface area contributed by atoms with Crippen molar-refractivity contribution in [2.24, 2.45) is 0 Å². The first-order valence-corrected chi connectivity index (χ1v) is 9.27. The second kappa shape index (κ2) is 8.03. The van der Waals surface area contributed by atoms with E-state index in [1.54, 1.807) is 11.8 Å². The average Bonchev–Trinajstić information content (AvgIpc) is 3.36. The van der Waals surface area contributed by atoms with Crippen molar-refractivity contribution in [1.29, 1.82) is 0 Å². The van der Waals surface area contributed by atoms with Gasteiger partial charge in [0, 0.05) is 26.1 Å². The molecule has 1 aliphatic rings. The molecule has 28 heavy (non-hydrogen) atoms. The van der Waals surface area contributed by atoms with Gasteiger partial charge in [-0.25, -0.2) is 4.68 Å². The molecule has 1 aliphatic heterocycles. The lowest BCUT2D eigenvalue weighted by atomic mass is 10.1. The third-order valence-corrected chi connectivity index (χ3v) is 5.07. The number of piperazine rings is 1. The number of likely N-dealkylation sites (N-methyl/N-ethyl adjacent to an activating group) is 1. The molecule has 3 heterocycles. The smallest absolute Gasteiger partial charge is 0.252 e. The first kappa shape index (κ1) is 18.5. The maximum atomic E-state index is 5.67. The van der Waals surface area contributed by atoms with Gasteiger partial charge in [-0.15, -0.1) is 5.10 Å². The highest BCUT2D eigenvalue weighted by atomic mass is 16.5. The molecule has 0 bridgehead atoms. The molecule has 0 spiro atoms. The molecular weight excluding hydrogens is 360 g/mol. The molecule has 0 radical (unpaired) electrons. The van der Waals surface area contributed by atoms with Crippen LogP contribution in [0.25, 0.3) is 0 Å². The Morgan fingerprint density at radius 2 is 2.29 bits per heavy atom. The van der Waals surface area contributed by atoms with Crippen LogP contribution in [0.3, 0.4) is 0 Å². The Hall–Kier alpha value is -2.85. The molecule has 1 aromatic carbocycles. The molecule has 1 N–H and O–H groups in total. The lowest BCUT2D eigenvalue weighted by Crippen LogP contribution is -2.44. The predicted molar refractivity (Wildman–Crippen MR) is 99.9 cm³/mol. The number of ether oxygens (including phenoxy) is 1. The number of hydrogen-bond donors (Lipinski definition) is 1. The highest BCUT2D eigenvalue weighted by Crippen LogP contribution is 2.26. The first-order valence-electron chi connectivity index (χ1n) is 9.27. The Labute approximate surface area is 162 Å². The van der Waals surface area contributed by atoms with E-state index in [1.807, 2.05) is 31.2 Å². The van der Waals surface area contributed by atoms with E-state index >= 15 is 0 Å². The molecule has 2 aromatic heterocycles. The fourth-order valence-electron chi connectivity index (χ4n) is 3.44. The van der Waals surface area contributed by atoms with Gasteiger partial charge in [-0.3, -0.25) is 4.90 Å². The largest absolute Gasteiger partial charge is 0.497 e. The zero-order valence-electron chi connectivity index (χ0n) is 16.2. The van der Waals surface area contributed by atoms with E-state index in [9.17, 15) is 0 Å². The van der Waals surface area contributed by atoms with Crippen LogP contribution in [0.5, 0.6) is 5.75 Å². The van der Waals surface area contributed by atoms with Crippen LogP contribution in [0.1, 0.15) is 35.2 Å². The van der Waals surface area contributed by atoms with Gasteiger partial charge in [0.1, 0.15) is 17.6 Å². The first-order chi connectivity index (χ1) is 13.7. The van der Waals surface area contributed by atoms with Gasteiger partial charge in [-0.1, -0.05) is 17.3 Å². The number of nitrogens with one attached hydrogen (secondary N) is 1. The average molecular weight is 384 g/mol. The van der Waals surface area contributed by atoms with Crippen LogP contribution in [0.4, 0.5) is 0 Å². The van der Waals surface area contributed by atoms with Crippen molar-refractivity contribution in [2.75, 3.05) is 33.8 Å². The molecule has 1 saturated heterocycles. The van der Waals surface area contributed by atoms with E-state index < -0.39 is 0 Å². The number of tetrazole rings is 1. The molecule has 1 fully saturated rings. The van der Waals surface area contributed by atoms with Gasteiger partial charge in [0.05, 0.1) is 13.2 Å². The molecule has 2 atom stereocenters. The summed E-state index contributed by atoms with van der Waals surface area (Å²) >= 11 is 0. The van der Waals surface area contributed by atoms with Crippen molar-refractivity contribution < 1.29 is 9.26 Å². The second-order valence-corrected chi connectivity index (χ2v) is 6.93. The fraction of sp³-hybridized carbons (Fsp3) is 0.500. The highest BCUT2D eigenvalue weighted by molar-refractivity contribution is 5.29. The fourth-order valence-corrected chi connectivity index (χ4v) is 3.44. The Kier molecular flexibility index (Phi) is 5.31. The summed E-state index contributed by atoms with van der Waals surface area (Å²) < 4.78 is 12.7. The summed E-state index contributed by atoms with van der Waals surface area (Å²) in [4.78, 5) is 6.94. The molecular formula is C18H24N8O2. The van der Waals surface area contributed by atoms with Gasteiger partial charge < -0.3 is 14.6 Å². The van der Waals surface area contributed by atoms with Crippen molar-refractivity contribution in [3.8, 4) is 5.75 Å². The third kappa shape index (κ3) is 3.73. The molecule has 2 unspecified atom stereocenters. The van der Waals surface area contributed by atoms with Gasteiger partial charge in [0.25, 0.3) is 5.89 Å². The van der Waals surface area contributed by atoms with Gasteiger partial charge in [-0.2, -0.15) is 4.98 Å².